The molecule has 0 radical (unpaired) electrons. The van der Waals surface area contributed by atoms with Gasteiger partial charge < -0.3 is 11.2 Å². The lowest BCUT2D eigenvalue weighted by Gasteiger charge is -2.20. The Balaban J connectivity index is 1.43. The monoisotopic (exact) mass is 444 g/mol. The summed E-state index contributed by atoms with van der Waals surface area (Å²) in [6, 6.07) is 20.3. The first-order valence-electron chi connectivity index (χ1n) is 10.7. The van der Waals surface area contributed by atoms with E-state index in [1.165, 1.54) is 11.1 Å². The van der Waals surface area contributed by atoms with Crippen molar-refractivity contribution in [2.24, 2.45) is 11.6 Å². The zero-order chi connectivity index (χ0) is 22.9. The van der Waals surface area contributed by atoms with Crippen LogP contribution in [0.15, 0.2) is 85.0 Å². The van der Waals surface area contributed by atoms with Crippen LogP contribution in [0.5, 0.6) is 0 Å². The summed E-state index contributed by atoms with van der Waals surface area (Å²) in [6.45, 7) is 2.93. The molecule has 170 valence electrons. The average molecular weight is 445 g/mol. The van der Waals surface area contributed by atoms with Gasteiger partial charge in [-0.3, -0.25) is 10.7 Å². The first-order chi connectivity index (χ1) is 16.2. The summed E-state index contributed by atoms with van der Waals surface area (Å²) in [4.78, 5) is 2.12. The largest absolute Gasteiger partial charge is 0.400 e. The molecule has 0 aliphatic carbocycles. The summed E-state index contributed by atoms with van der Waals surface area (Å²) in [7, 11) is 0. The number of nitrogens with one attached hydrogen (secondary N) is 1. The quantitative estimate of drug-likeness (QED) is 0.233. The van der Waals surface area contributed by atoms with E-state index in [4.69, 9.17) is 11.6 Å². The average Bonchev–Trinajstić information content (AvgIpc) is 3.44. The van der Waals surface area contributed by atoms with Gasteiger partial charge in [-0.25, -0.2) is 9.36 Å². The molecule has 0 unspecified atom stereocenters. The topological polar surface area (TPSA) is 129 Å². The van der Waals surface area contributed by atoms with Crippen LogP contribution in [0.25, 0.3) is 0 Å². The summed E-state index contributed by atoms with van der Waals surface area (Å²) in [5, 5.41) is 17.2. The highest BCUT2D eigenvalue weighted by Crippen LogP contribution is 2.10. The highest BCUT2D eigenvalue weighted by molar-refractivity contribution is 5.16. The molecule has 2 heterocycles. The zero-order valence-electron chi connectivity index (χ0n) is 18.3. The molecular weight excluding hydrogens is 416 g/mol. The second kappa shape index (κ2) is 11.0. The van der Waals surface area contributed by atoms with Crippen molar-refractivity contribution in [3.05, 3.63) is 107 Å². The lowest BCUT2D eigenvalue weighted by Crippen LogP contribution is -2.29. The molecule has 10 nitrogen and oxygen atoms in total. The molecule has 4 rings (SSSR count). The fraction of sp³-hybridized carbons (Fsp3) is 0.217. The highest BCUT2D eigenvalue weighted by Gasteiger charge is 2.14. The Hall–Kier alpha value is -4.02. The van der Waals surface area contributed by atoms with Crippen molar-refractivity contribution in [2.45, 2.75) is 26.2 Å². The summed E-state index contributed by atoms with van der Waals surface area (Å²) in [5.74, 6) is 5.39. The maximum absolute atomic E-state index is 6.10. The van der Waals surface area contributed by atoms with Gasteiger partial charge >= 0.3 is 0 Å². The first kappa shape index (κ1) is 22.2. The van der Waals surface area contributed by atoms with Gasteiger partial charge in [0.1, 0.15) is 0 Å². The van der Waals surface area contributed by atoms with Gasteiger partial charge in [0.05, 0.1) is 36.9 Å². The number of hydrogen-bond acceptors (Lipinski definition) is 8. The summed E-state index contributed by atoms with van der Waals surface area (Å²) >= 11 is 0. The van der Waals surface area contributed by atoms with Gasteiger partial charge in [-0.1, -0.05) is 71.1 Å². The van der Waals surface area contributed by atoms with Crippen molar-refractivity contribution in [3.8, 4) is 0 Å². The molecule has 2 aromatic carbocycles. The lowest BCUT2D eigenvalue weighted by atomic mass is 10.2. The second-order valence-electron chi connectivity index (χ2n) is 7.82. The van der Waals surface area contributed by atoms with Crippen molar-refractivity contribution >= 4 is 0 Å². The summed E-state index contributed by atoms with van der Waals surface area (Å²) in [5.41, 5.74) is 13.2. The number of aromatic nitrogens is 6. The molecule has 0 fully saturated rings. The van der Waals surface area contributed by atoms with Crippen molar-refractivity contribution in [3.63, 3.8) is 0 Å². The Labute approximate surface area is 192 Å². The van der Waals surface area contributed by atoms with Gasteiger partial charge in [0.25, 0.3) is 0 Å². The Kier molecular flexibility index (Phi) is 7.41. The third-order valence-electron chi connectivity index (χ3n) is 4.99. The summed E-state index contributed by atoms with van der Waals surface area (Å²) in [6.07, 6.45) is 5.48. The molecule has 5 N–H and O–H groups in total. The first-order valence-corrected chi connectivity index (χ1v) is 10.7. The molecular formula is C23H28N10. The minimum absolute atomic E-state index is 0.487. The smallest absolute Gasteiger partial charge is 0.0967 e. The molecule has 10 heteroatoms. The van der Waals surface area contributed by atoms with E-state index < -0.39 is 0 Å². The minimum atomic E-state index is 0.487. The zero-order valence-corrected chi connectivity index (χ0v) is 18.3. The van der Waals surface area contributed by atoms with E-state index in [9.17, 15) is 0 Å². The van der Waals surface area contributed by atoms with Crippen LogP contribution < -0.4 is 17.0 Å². The summed E-state index contributed by atoms with van der Waals surface area (Å²) < 4.78 is 3.67. The van der Waals surface area contributed by atoms with Crippen LogP contribution >= 0.6 is 0 Å². The molecule has 0 amide bonds. The van der Waals surface area contributed by atoms with Crippen LogP contribution in [0.3, 0.4) is 0 Å². The van der Waals surface area contributed by atoms with Crippen LogP contribution in [0, 0.1) is 0 Å². The number of nitrogens with zero attached hydrogens (tertiary/aromatic N) is 7. The SMILES string of the molecule is NN/C=C(\N)CN(Cc1cn(Cc2ccccc2)nn1)Cc1cn(Cc2ccccc2)nn1. The predicted molar refractivity (Wildman–Crippen MR) is 125 cm³/mol. The number of rotatable bonds is 11. The van der Waals surface area contributed by atoms with E-state index in [0.717, 1.165) is 11.4 Å². The number of benzene rings is 2. The Morgan fingerprint density at radius 1 is 0.818 bits per heavy atom. The van der Waals surface area contributed by atoms with Crippen molar-refractivity contribution in [1.82, 2.24) is 40.3 Å². The number of hydrazine groups is 1. The Bertz CT molecular complexity index is 1070. The fourth-order valence-corrected chi connectivity index (χ4v) is 3.55. The molecule has 33 heavy (non-hydrogen) atoms. The molecule has 0 saturated heterocycles. The van der Waals surface area contributed by atoms with E-state index in [0.29, 0.717) is 38.4 Å². The fourth-order valence-electron chi connectivity index (χ4n) is 3.55. The molecule has 0 aliphatic rings. The second-order valence-corrected chi connectivity index (χ2v) is 7.82. The molecule has 2 aromatic heterocycles. The molecule has 0 bridgehead atoms. The third kappa shape index (κ3) is 6.73. The van der Waals surface area contributed by atoms with Gasteiger partial charge in [0.15, 0.2) is 0 Å². The number of nitrogens with two attached hydrogens (primary N) is 2. The van der Waals surface area contributed by atoms with E-state index in [1.54, 1.807) is 6.20 Å². The van der Waals surface area contributed by atoms with Crippen molar-refractivity contribution in [2.75, 3.05) is 6.54 Å². The van der Waals surface area contributed by atoms with E-state index in [2.05, 4.69) is 55.2 Å². The van der Waals surface area contributed by atoms with E-state index >= 15 is 0 Å². The van der Waals surface area contributed by atoms with Gasteiger partial charge in [-0.05, 0) is 11.1 Å². The van der Waals surface area contributed by atoms with Crippen LogP contribution in [0.4, 0.5) is 0 Å². The molecule has 0 atom stereocenters. The minimum Gasteiger partial charge on any atom is -0.400 e. The maximum Gasteiger partial charge on any atom is 0.0967 e. The van der Waals surface area contributed by atoms with E-state index in [-0.39, 0.29) is 0 Å². The van der Waals surface area contributed by atoms with E-state index in [1.807, 2.05) is 58.2 Å². The van der Waals surface area contributed by atoms with Crippen molar-refractivity contribution in [1.29, 1.82) is 0 Å². The van der Waals surface area contributed by atoms with Crippen LogP contribution in [0.2, 0.25) is 0 Å². The van der Waals surface area contributed by atoms with Gasteiger partial charge in [0.2, 0.25) is 0 Å². The van der Waals surface area contributed by atoms with Gasteiger partial charge in [-0.2, -0.15) is 0 Å². The van der Waals surface area contributed by atoms with Gasteiger partial charge in [0, 0.05) is 31.5 Å². The molecule has 0 spiro atoms. The van der Waals surface area contributed by atoms with Crippen LogP contribution in [-0.4, -0.2) is 41.4 Å². The normalized spacial score (nSPS) is 11.8. The predicted octanol–water partition coefficient (Wildman–Crippen LogP) is 1.23. The van der Waals surface area contributed by atoms with Crippen LogP contribution in [-0.2, 0) is 26.2 Å². The molecule has 0 saturated carbocycles. The highest BCUT2D eigenvalue weighted by atomic mass is 15.4. The molecule has 0 aliphatic heterocycles. The third-order valence-corrected chi connectivity index (χ3v) is 4.99. The molecule has 4 aromatic rings. The van der Waals surface area contributed by atoms with Gasteiger partial charge in [-0.15, -0.1) is 10.2 Å². The lowest BCUT2D eigenvalue weighted by molar-refractivity contribution is 0.271. The number of hydrogen-bond donors (Lipinski definition) is 3. The standard InChI is InChI=1S/C23H28N10/c24-21(11-26-25)14-31(15-22-17-32(29-27-22)12-19-7-3-1-4-8-19)16-23-18-33(30-28-23)13-20-9-5-2-6-10-20/h1-11,17-18,26H,12-16,24-25H2/b21-11-. The Morgan fingerprint density at radius 2 is 1.30 bits per heavy atom. The Morgan fingerprint density at radius 3 is 1.76 bits per heavy atom. The van der Waals surface area contributed by atoms with Crippen LogP contribution in [0.1, 0.15) is 22.5 Å². The maximum atomic E-state index is 6.10. The van der Waals surface area contributed by atoms with Crippen molar-refractivity contribution < 1.29 is 0 Å².